The third-order valence-corrected chi connectivity index (χ3v) is 9.93. The van der Waals surface area contributed by atoms with Gasteiger partial charge < -0.3 is 5.32 Å². The number of sulfonamides is 1. The van der Waals surface area contributed by atoms with Gasteiger partial charge in [0.15, 0.2) is 0 Å². The van der Waals surface area contributed by atoms with Crippen molar-refractivity contribution < 1.29 is 22.4 Å². The Labute approximate surface area is 267 Å². The summed E-state index contributed by atoms with van der Waals surface area (Å²) in [6.45, 7) is 1.92. The summed E-state index contributed by atoms with van der Waals surface area (Å²) in [6.07, 6.45) is 0. The lowest BCUT2D eigenvalue weighted by Gasteiger charge is -2.37. The molecule has 5 aromatic carbocycles. The first-order valence-corrected chi connectivity index (χ1v) is 16.3. The zero-order chi connectivity index (χ0) is 31.9. The van der Waals surface area contributed by atoms with Crippen LogP contribution in [0.15, 0.2) is 143 Å². The smallest absolute Gasteiger partial charge is 0.283 e. The topological polar surface area (TPSA) is 88.1 Å². The molecule has 1 saturated heterocycles. The Hall–Kier alpha value is -5.12. The number of halogens is 1. The van der Waals surface area contributed by atoms with E-state index >= 15 is 4.39 Å². The van der Waals surface area contributed by atoms with E-state index in [-0.39, 0.29) is 17.3 Å². The van der Waals surface area contributed by atoms with E-state index in [1.807, 2.05) is 91.9 Å². The highest BCUT2D eigenvalue weighted by atomic mass is 32.2. The van der Waals surface area contributed by atoms with Gasteiger partial charge in [0.05, 0.1) is 16.2 Å². The van der Waals surface area contributed by atoms with Gasteiger partial charge in [0.25, 0.3) is 15.9 Å². The highest BCUT2D eigenvalue weighted by molar-refractivity contribution is 7.90. The molecular formula is C37H30FN3O4S. The van der Waals surface area contributed by atoms with Crippen LogP contribution in [0, 0.1) is 12.7 Å². The molecule has 5 aromatic rings. The summed E-state index contributed by atoms with van der Waals surface area (Å²) in [5.74, 6) is -1.84. The van der Waals surface area contributed by atoms with E-state index < -0.39 is 39.1 Å². The molecule has 46 heavy (non-hydrogen) atoms. The van der Waals surface area contributed by atoms with Gasteiger partial charge in [-0.05, 0) is 59.5 Å². The van der Waals surface area contributed by atoms with Crippen molar-refractivity contribution in [3.05, 3.63) is 167 Å². The van der Waals surface area contributed by atoms with Crippen molar-refractivity contribution >= 4 is 27.5 Å². The minimum absolute atomic E-state index is 0.0126. The fraction of sp³-hybridized carbons (Fsp3) is 0.135. The van der Waals surface area contributed by atoms with E-state index in [4.69, 9.17) is 4.84 Å². The Morgan fingerprint density at radius 2 is 1.48 bits per heavy atom. The van der Waals surface area contributed by atoms with E-state index in [1.54, 1.807) is 24.3 Å². The maximum atomic E-state index is 15.0. The van der Waals surface area contributed by atoms with Crippen LogP contribution < -0.4 is 5.32 Å². The molecule has 3 atom stereocenters. The molecule has 1 spiro atoms. The van der Waals surface area contributed by atoms with Gasteiger partial charge in [-0.25, -0.2) is 9.45 Å². The van der Waals surface area contributed by atoms with Gasteiger partial charge in [-0.2, -0.15) is 8.42 Å². The van der Waals surface area contributed by atoms with E-state index in [2.05, 4.69) is 9.71 Å². The molecule has 3 unspecified atom stereocenters. The van der Waals surface area contributed by atoms with E-state index in [1.165, 1.54) is 29.3 Å². The average Bonchev–Trinajstić information content (AvgIpc) is 3.51. The highest BCUT2D eigenvalue weighted by Gasteiger charge is 2.67. The van der Waals surface area contributed by atoms with E-state index in [9.17, 15) is 13.2 Å². The molecule has 0 saturated carbocycles. The summed E-state index contributed by atoms with van der Waals surface area (Å²) < 4.78 is 47.5. The monoisotopic (exact) mass is 631 g/mol. The van der Waals surface area contributed by atoms with Gasteiger partial charge in [0.2, 0.25) is 0 Å². The van der Waals surface area contributed by atoms with Gasteiger partial charge in [0.1, 0.15) is 24.3 Å². The van der Waals surface area contributed by atoms with Crippen LogP contribution in [-0.2, 0) is 31.7 Å². The Kier molecular flexibility index (Phi) is 7.50. The summed E-state index contributed by atoms with van der Waals surface area (Å²) in [7, 11) is -4.27. The Balaban J connectivity index is 1.52. The number of amides is 1. The molecule has 0 bridgehead atoms. The fourth-order valence-corrected chi connectivity index (χ4v) is 7.66. The Morgan fingerprint density at radius 3 is 2.20 bits per heavy atom. The lowest BCUT2D eigenvalue weighted by molar-refractivity contribution is -0.198. The molecule has 0 aliphatic carbocycles. The van der Waals surface area contributed by atoms with Crippen LogP contribution in [0.2, 0.25) is 0 Å². The zero-order valence-corrected chi connectivity index (χ0v) is 25.7. The zero-order valence-electron chi connectivity index (χ0n) is 24.9. The number of hydroxylamine groups is 2. The maximum absolute atomic E-state index is 15.0. The largest absolute Gasteiger partial charge is 0.342 e. The SMILES string of the molecule is Cc1ccc(S(=O)(=O)/N=C2\Nc3ccccc3C23C(c2ccccc2)C(=O)N(OCc2ccccc2)C3c2cccc(F)c2)cc1. The number of fused-ring (bicyclic) bond motifs is 2. The maximum Gasteiger partial charge on any atom is 0.283 e. The first-order valence-electron chi connectivity index (χ1n) is 14.9. The number of aryl methyl sites for hydroxylation is 1. The van der Waals surface area contributed by atoms with Crippen LogP contribution >= 0.6 is 0 Å². The molecule has 0 radical (unpaired) electrons. The molecule has 0 aromatic heterocycles. The molecular weight excluding hydrogens is 601 g/mol. The molecule has 230 valence electrons. The second-order valence-electron chi connectivity index (χ2n) is 11.5. The second kappa shape index (κ2) is 11.7. The molecule has 2 heterocycles. The number of carbonyl (C=O) groups excluding carboxylic acids is 1. The number of amidine groups is 1. The number of anilines is 1. The average molecular weight is 632 g/mol. The van der Waals surface area contributed by atoms with E-state index in [0.29, 0.717) is 22.4 Å². The van der Waals surface area contributed by atoms with Crippen molar-refractivity contribution in [3.8, 4) is 0 Å². The van der Waals surface area contributed by atoms with Gasteiger partial charge in [-0.3, -0.25) is 9.63 Å². The summed E-state index contributed by atoms with van der Waals surface area (Å²) in [5.41, 5.74) is 2.58. The molecule has 2 aliphatic rings. The molecule has 1 amide bonds. The Bertz CT molecular complexity index is 2050. The normalized spacial score (nSPS) is 21.5. The van der Waals surface area contributed by atoms with Crippen LogP contribution in [0.3, 0.4) is 0 Å². The molecule has 9 heteroatoms. The number of carbonyl (C=O) groups is 1. The first kappa shape index (κ1) is 29.6. The minimum Gasteiger partial charge on any atom is -0.342 e. The van der Waals surface area contributed by atoms with Crippen molar-refractivity contribution in [2.75, 3.05) is 5.32 Å². The lowest BCUT2D eigenvalue weighted by Crippen LogP contribution is -2.44. The highest BCUT2D eigenvalue weighted by Crippen LogP contribution is 2.61. The summed E-state index contributed by atoms with van der Waals surface area (Å²) in [5, 5.41) is 4.57. The second-order valence-corrected chi connectivity index (χ2v) is 13.1. The molecule has 7 nitrogen and oxygen atoms in total. The standard InChI is InChI=1S/C37H30FN3O4S/c1-25-19-21-30(22-20-25)46(43,44)40-36-37(31-17-8-9-18-32(31)39-36)33(27-13-6-3-7-14-27)35(42)41(45-24-26-11-4-2-5-12-26)34(37)28-15-10-16-29(38)23-28/h2-23,33-34H,24H2,1H3,(H,39,40). The van der Waals surface area contributed by atoms with Crippen molar-refractivity contribution in [2.24, 2.45) is 4.40 Å². The van der Waals surface area contributed by atoms with Crippen LogP contribution in [-0.4, -0.2) is 25.2 Å². The number of para-hydroxylation sites is 1. The third-order valence-electron chi connectivity index (χ3n) is 8.64. The summed E-state index contributed by atoms with van der Waals surface area (Å²) in [4.78, 5) is 21.2. The van der Waals surface area contributed by atoms with Crippen LogP contribution in [0.1, 0.15) is 39.8 Å². The fourth-order valence-electron chi connectivity index (χ4n) is 6.64. The number of nitrogens with one attached hydrogen (secondary N) is 1. The summed E-state index contributed by atoms with van der Waals surface area (Å²) in [6, 6.07) is 37.3. The van der Waals surface area contributed by atoms with Crippen molar-refractivity contribution in [3.63, 3.8) is 0 Å². The Morgan fingerprint density at radius 1 is 0.826 bits per heavy atom. The number of benzene rings is 5. The van der Waals surface area contributed by atoms with Gasteiger partial charge in [-0.15, -0.1) is 4.40 Å². The van der Waals surface area contributed by atoms with Gasteiger partial charge in [-0.1, -0.05) is 109 Å². The van der Waals surface area contributed by atoms with Crippen molar-refractivity contribution in [1.29, 1.82) is 0 Å². The summed E-state index contributed by atoms with van der Waals surface area (Å²) >= 11 is 0. The van der Waals surface area contributed by atoms with Crippen LogP contribution in [0.5, 0.6) is 0 Å². The van der Waals surface area contributed by atoms with E-state index in [0.717, 1.165) is 11.1 Å². The predicted molar refractivity (Wildman–Crippen MR) is 174 cm³/mol. The predicted octanol–water partition coefficient (Wildman–Crippen LogP) is 7.08. The van der Waals surface area contributed by atoms with Crippen molar-refractivity contribution in [1.82, 2.24) is 5.06 Å². The van der Waals surface area contributed by atoms with Crippen LogP contribution in [0.25, 0.3) is 0 Å². The van der Waals surface area contributed by atoms with Crippen LogP contribution in [0.4, 0.5) is 10.1 Å². The molecule has 1 N–H and O–H groups in total. The quantitative estimate of drug-likeness (QED) is 0.207. The number of nitrogens with zero attached hydrogens (tertiary/aromatic N) is 2. The lowest BCUT2D eigenvalue weighted by atomic mass is 9.64. The van der Waals surface area contributed by atoms with Gasteiger partial charge >= 0.3 is 0 Å². The molecule has 7 rings (SSSR count). The third kappa shape index (κ3) is 4.98. The molecule has 1 fully saturated rings. The minimum atomic E-state index is -4.27. The number of rotatable bonds is 7. The molecule has 2 aliphatic heterocycles. The van der Waals surface area contributed by atoms with Crippen molar-refractivity contribution in [2.45, 2.75) is 35.8 Å². The van der Waals surface area contributed by atoms with Gasteiger partial charge in [0, 0.05) is 5.69 Å². The number of hydrogen-bond donors (Lipinski definition) is 1. The number of hydrogen-bond acceptors (Lipinski definition) is 4. The first-order chi connectivity index (χ1) is 22.3.